The summed E-state index contributed by atoms with van der Waals surface area (Å²) >= 11 is 0. The molecule has 0 saturated carbocycles. The van der Waals surface area contributed by atoms with Crippen molar-refractivity contribution < 1.29 is 14.6 Å². The van der Waals surface area contributed by atoms with Crippen LogP contribution in [-0.4, -0.2) is 37.4 Å². The van der Waals surface area contributed by atoms with Crippen LogP contribution >= 0.6 is 0 Å². The van der Waals surface area contributed by atoms with Crippen molar-refractivity contribution in [3.63, 3.8) is 0 Å². The summed E-state index contributed by atoms with van der Waals surface area (Å²) in [5, 5.41) is 12.2. The lowest BCUT2D eigenvalue weighted by atomic mass is 9.99. The lowest BCUT2D eigenvalue weighted by molar-refractivity contribution is -0.141. The van der Waals surface area contributed by atoms with Gasteiger partial charge in [0, 0.05) is 12.6 Å². The number of aliphatic hydroxyl groups is 1. The van der Waals surface area contributed by atoms with Gasteiger partial charge in [0.05, 0.1) is 13.5 Å². The smallest absolute Gasteiger partial charge is 0.307 e. The molecule has 2 rings (SSSR count). The molecule has 0 amide bonds. The predicted octanol–water partition coefficient (Wildman–Crippen LogP) is 1.62. The number of fused-ring (bicyclic) bond motifs is 1. The van der Waals surface area contributed by atoms with Crippen LogP contribution in [0.1, 0.15) is 36.0 Å². The van der Waals surface area contributed by atoms with Crippen molar-refractivity contribution >= 4 is 5.97 Å². The second-order valence-electron chi connectivity index (χ2n) is 5.67. The first-order valence-electron chi connectivity index (χ1n) is 7.74. The van der Waals surface area contributed by atoms with Crippen molar-refractivity contribution in [3.05, 3.63) is 34.9 Å². The molecule has 0 saturated heterocycles. The van der Waals surface area contributed by atoms with E-state index in [1.54, 1.807) is 0 Å². The first-order valence-corrected chi connectivity index (χ1v) is 7.74. The highest BCUT2D eigenvalue weighted by Crippen LogP contribution is 2.23. The lowest BCUT2D eigenvalue weighted by Gasteiger charge is -2.18. The Balaban J connectivity index is 1.97. The number of carbonyl (C=O) groups excluding carboxylic acids is 1. The minimum Gasteiger partial charge on any atom is -0.469 e. The maximum absolute atomic E-state index is 11.5. The Kier molecular flexibility index (Phi) is 6.21. The monoisotopic (exact) mass is 291 g/mol. The van der Waals surface area contributed by atoms with Gasteiger partial charge >= 0.3 is 5.97 Å². The molecular weight excluding hydrogens is 266 g/mol. The van der Waals surface area contributed by atoms with Crippen molar-refractivity contribution in [2.24, 2.45) is 0 Å². The molecule has 1 atom stereocenters. The predicted molar refractivity (Wildman–Crippen MR) is 82.3 cm³/mol. The molecule has 116 valence electrons. The Labute approximate surface area is 126 Å². The molecule has 0 fully saturated rings. The summed E-state index contributed by atoms with van der Waals surface area (Å²) in [5.41, 5.74) is 4.19. The minimum atomic E-state index is -0.197. The SMILES string of the molecule is COC(=O)CC(Cc1ccc2c(c1)CCC2)NCCCO. The van der Waals surface area contributed by atoms with Crippen LogP contribution in [0, 0.1) is 0 Å². The largest absolute Gasteiger partial charge is 0.469 e. The Morgan fingerprint density at radius 1 is 1.38 bits per heavy atom. The van der Waals surface area contributed by atoms with Gasteiger partial charge in [-0.05, 0) is 55.3 Å². The van der Waals surface area contributed by atoms with Crippen LogP contribution < -0.4 is 5.32 Å². The highest BCUT2D eigenvalue weighted by atomic mass is 16.5. The van der Waals surface area contributed by atoms with E-state index in [9.17, 15) is 4.79 Å². The molecule has 4 nitrogen and oxygen atoms in total. The van der Waals surface area contributed by atoms with Gasteiger partial charge in [0.2, 0.25) is 0 Å². The molecule has 1 aromatic rings. The van der Waals surface area contributed by atoms with Crippen LogP contribution in [-0.2, 0) is 28.8 Å². The molecule has 0 bridgehead atoms. The number of methoxy groups -OCH3 is 1. The third-order valence-corrected chi connectivity index (χ3v) is 4.05. The van der Waals surface area contributed by atoms with E-state index in [4.69, 9.17) is 9.84 Å². The lowest BCUT2D eigenvalue weighted by Crippen LogP contribution is -2.34. The zero-order valence-electron chi connectivity index (χ0n) is 12.7. The highest BCUT2D eigenvalue weighted by molar-refractivity contribution is 5.70. The van der Waals surface area contributed by atoms with Crippen LogP contribution in [0.3, 0.4) is 0 Å². The standard InChI is InChI=1S/C17H25NO3/c1-21-17(20)12-16(18-8-3-9-19)11-13-6-7-14-4-2-5-15(14)10-13/h6-7,10,16,18-19H,2-5,8-9,11-12H2,1H3. The van der Waals surface area contributed by atoms with E-state index < -0.39 is 0 Å². The summed E-state index contributed by atoms with van der Waals surface area (Å²) in [5.74, 6) is -0.197. The maximum atomic E-state index is 11.5. The molecule has 1 unspecified atom stereocenters. The number of carbonyl (C=O) groups is 1. The van der Waals surface area contributed by atoms with Gasteiger partial charge in [-0.15, -0.1) is 0 Å². The first kappa shape index (κ1) is 16.0. The summed E-state index contributed by atoms with van der Waals surface area (Å²) in [7, 11) is 1.42. The Hall–Kier alpha value is -1.39. The van der Waals surface area contributed by atoms with Gasteiger partial charge in [-0.2, -0.15) is 0 Å². The van der Waals surface area contributed by atoms with Crippen molar-refractivity contribution in [2.75, 3.05) is 20.3 Å². The number of hydrogen-bond donors (Lipinski definition) is 2. The van der Waals surface area contributed by atoms with Crippen molar-refractivity contribution in [2.45, 2.75) is 44.6 Å². The highest BCUT2D eigenvalue weighted by Gasteiger charge is 2.16. The van der Waals surface area contributed by atoms with Crippen LogP contribution in [0.5, 0.6) is 0 Å². The van der Waals surface area contributed by atoms with Gasteiger partial charge in [-0.3, -0.25) is 4.79 Å². The summed E-state index contributed by atoms with van der Waals surface area (Å²) < 4.78 is 4.77. The average molecular weight is 291 g/mol. The Bertz CT molecular complexity index is 473. The van der Waals surface area contributed by atoms with Gasteiger partial charge in [0.1, 0.15) is 0 Å². The quantitative estimate of drug-likeness (QED) is 0.564. The van der Waals surface area contributed by atoms with Crippen molar-refractivity contribution in [1.82, 2.24) is 5.32 Å². The van der Waals surface area contributed by atoms with Crippen LogP contribution in [0.2, 0.25) is 0 Å². The van der Waals surface area contributed by atoms with E-state index in [-0.39, 0.29) is 18.6 Å². The van der Waals surface area contributed by atoms with Gasteiger partial charge in [-0.1, -0.05) is 18.2 Å². The van der Waals surface area contributed by atoms with E-state index in [1.165, 1.54) is 43.1 Å². The summed E-state index contributed by atoms with van der Waals surface area (Å²) in [6.45, 7) is 0.875. The summed E-state index contributed by atoms with van der Waals surface area (Å²) in [6, 6.07) is 6.73. The van der Waals surface area contributed by atoms with E-state index in [1.807, 2.05) is 0 Å². The molecule has 0 radical (unpaired) electrons. The molecule has 0 aromatic heterocycles. The van der Waals surface area contributed by atoms with Gasteiger partial charge < -0.3 is 15.2 Å². The van der Waals surface area contributed by atoms with Gasteiger partial charge in [-0.25, -0.2) is 0 Å². The molecule has 4 heteroatoms. The number of hydrogen-bond acceptors (Lipinski definition) is 4. The summed E-state index contributed by atoms with van der Waals surface area (Å²) in [6.07, 6.45) is 5.48. The number of nitrogens with one attached hydrogen (secondary N) is 1. The molecule has 1 aliphatic rings. The van der Waals surface area contributed by atoms with Gasteiger partial charge in [0.15, 0.2) is 0 Å². The van der Waals surface area contributed by atoms with Gasteiger partial charge in [0.25, 0.3) is 0 Å². The molecule has 0 heterocycles. The summed E-state index contributed by atoms with van der Waals surface area (Å²) in [4.78, 5) is 11.5. The van der Waals surface area contributed by atoms with E-state index in [0.29, 0.717) is 19.4 Å². The molecule has 2 N–H and O–H groups in total. The second kappa shape index (κ2) is 8.15. The fraction of sp³-hybridized carbons (Fsp3) is 0.588. The van der Waals surface area contributed by atoms with Crippen molar-refractivity contribution in [1.29, 1.82) is 0 Å². The molecule has 0 spiro atoms. The third-order valence-electron chi connectivity index (χ3n) is 4.05. The average Bonchev–Trinajstić information content (AvgIpc) is 2.94. The maximum Gasteiger partial charge on any atom is 0.307 e. The Morgan fingerprint density at radius 2 is 2.19 bits per heavy atom. The fourth-order valence-corrected chi connectivity index (χ4v) is 2.92. The molecule has 1 aromatic carbocycles. The van der Waals surface area contributed by atoms with Crippen LogP contribution in [0.25, 0.3) is 0 Å². The number of aliphatic hydroxyl groups excluding tert-OH is 1. The number of rotatable bonds is 8. The number of benzene rings is 1. The number of esters is 1. The number of aryl methyl sites for hydroxylation is 2. The second-order valence-corrected chi connectivity index (χ2v) is 5.67. The zero-order chi connectivity index (χ0) is 15.1. The fourth-order valence-electron chi connectivity index (χ4n) is 2.92. The first-order chi connectivity index (χ1) is 10.2. The molecule has 0 aliphatic heterocycles. The minimum absolute atomic E-state index is 0.0588. The third kappa shape index (κ3) is 4.83. The molecule has 1 aliphatic carbocycles. The van der Waals surface area contributed by atoms with E-state index in [0.717, 1.165) is 6.42 Å². The molecular formula is C17H25NO3. The molecule has 21 heavy (non-hydrogen) atoms. The van der Waals surface area contributed by atoms with E-state index in [2.05, 4.69) is 23.5 Å². The topological polar surface area (TPSA) is 58.6 Å². The normalized spacial score (nSPS) is 14.8. The number of ether oxygens (including phenoxy) is 1. The van der Waals surface area contributed by atoms with Crippen molar-refractivity contribution in [3.8, 4) is 0 Å². The van der Waals surface area contributed by atoms with E-state index >= 15 is 0 Å². The zero-order valence-corrected chi connectivity index (χ0v) is 12.7. The van der Waals surface area contributed by atoms with Crippen LogP contribution in [0.15, 0.2) is 18.2 Å². The Morgan fingerprint density at radius 3 is 2.95 bits per heavy atom. The van der Waals surface area contributed by atoms with Crippen LogP contribution in [0.4, 0.5) is 0 Å².